The number of aromatic nitrogens is 2. The number of amides is 2. The Balaban J connectivity index is 1.66. The van der Waals surface area contributed by atoms with Gasteiger partial charge in [0.2, 0.25) is 5.89 Å². The van der Waals surface area contributed by atoms with Crippen molar-refractivity contribution in [2.24, 2.45) is 0 Å². The van der Waals surface area contributed by atoms with Crippen molar-refractivity contribution in [2.45, 2.75) is 45.2 Å². The average Bonchev–Trinajstić information content (AvgIpc) is 3.08. The van der Waals surface area contributed by atoms with E-state index in [0.29, 0.717) is 18.3 Å². The Morgan fingerprint density at radius 2 is 2.16 bits per heavy atom. The van der Waals surface area contributed by atoms with E-state index in [4.69, 9.17) is 4.52 Å². The monoisotopic (exact) mass is 344 g/mol. The number of fused-ring (bicyclic) bond motifs is 1. The van der Waals surface area contributed by atoms with Crippen LogP contribution in [0, 0.1) is 0 Å². The Labute approximate surface area is 147 Å². The molecule has 1 aliphatic heterocycles. The number of carbonyl (C=O) groups is 1. The van der Waals surface area contributed by atoms with Gasteiger partial charge in [0, 0.05) is 12.0 Å². The van der Waals surface area contributed by atoms with Crippen molar-refractivity contribution in [1.29, 1.82) is 0 Å². The first kappa shape index (κ1) is 17.4. The first-order valence-corrected chi connectivity index (χ1v) is 8.46. The number of rotatable bonds is 3. The normalized spacial score (nSPS) is 17.3. The van der Waals surface area contributed by atoms with Gasteiger partial charge in [0.15, 0.2) is 5.82 Å². The number of hydrogen-bond donors (Lipinski definition) is 2. The molecule has 7 nitrogen and oxygen atoms in total. The molecule has 0 saturated carbocycles. The van der Waals surface area contributed by atoms with Crippen molar-refractivity contribution in [1.82, 2.24) is 20.4 Å². The standard InChI is InChI=1S/C18H24N4O3/c1-18(2,3)16-20-15(21-25-16)10-19-17(24)22-9-8-12-6-4-5-7-13(12)14(22)11-23/h4-7,14,23H,8-11H2,1-3H3,(H,19,24)/t14-/m0/s1. The molecule has 3 rings (SSSR count). The topological polar surface area (TPSA) is 91.5 Å². The molecule has 2 N–H and O–H groups in total. The minimum atomic E-state index is -0.333. The lowest BCUT2D eigenvalue weighted by Crippen LogP contribution is -2.46. The molecular weight excluding hydrogens is 320 g/mol. The average molecular weight is 344 g/mol. The second kappa shape index (κ2) is 6.84. The zero-order valence-electron chi connectivity index (χ0n) is 14.8. The van der Waals surface area contributed by atoms with E-state index in [9.17, 15) is 9.90 Å². The fourth-order valence-electron chi connectivity index (χ4n) is 2.98. The molecule has 0 fully saturated rings. The molecule has 0 radical (unpaired) electrons. The number of aliphatic hydroxyl groups is 1. The summed E-state index contributed by atoms with van der Waals surface area (Å²) in [5.41, 5.74) is 1.95. The van der Waals surface area contributed by atoms with Crippen molar-refractivity contribution in [3.63, 3.8) is 0 Å². The van der Waals surface area contributed by atoms with Crippen LogP contribution in [0.5, 0.6) is 0 Å². The van der Waals surface area contributed by atoms with Crippen LogP contribution in [0.2, 0.25) is 0 Å². The Kier molecular flexibility index (Phi) is 4.76. The Hall–Kier alpha value is -2.41. The number of carbonyl (C=O) groups excluding carboxylic acids is 1. The molecule has 2 heterocycles. The van der Waals surface area contributed by atoms with E-state index in [-0.39, 0.29) is 30.6 Å². The van der Waals surface area contributed by atoms with E-state index in [1.165, 1.54) is 5.56 Å². The minimum Gasteiger partial charge on any atom is -0.394 e. The van der Waals surface area contributed by atoms with Crippen LogP contribution in [0.1, 0.15) is 49.7 Å². The van der Waals surface area contributed by atoms with Crippen LogP contribution in [-0.4, -0.2) is 39.3 Å². The maximum atomic E-state index is 12.6. The van der Waals surface area contributed by atoms with E-state index in [0.717, 1.165) is 12.0 Å². The molecule has 0 aliphatic carbocycles. The van der Waals surface area contributed by atoms with Gasteiger partial charge in [-0.3, -0.25) is 0 Å². The largest absolute Gasteiger partial charge is 0.394 e. The predicted octanol–water partition coefficient (Wildman–Crippen LogP) is 2.17. The highest BCUT2D eigenvalue weighted by molar-refractivity contribution is 5.75. The summed E-state index contributed by atoms with van der Waals surface area (Å²) in [6.45, 7) is 6.60. The number of nitrogens with one attached hydrogen (secondary N) is 1. The van der Waals surface area contributed by atoms with E-state index in [1.807, 2.05) is 45.0 Å². The van der Waals surface area contributed by atoms with Crippen molar-refractivity contribution in [2.75, 3.05) is 13.2 Å². The maximum absolute atomic E-state index is 12.6. The van der Waals surface area contributed by atoms with Gasteiger partial charge in [0.1, 0.15) is 0 Å². The molecule has 25 heavy (non-hydrogen) atoms. The summed E-state index contributed by atoms with van der Waals surface area (Å²) >= 11 is 0. The molecule has 1 atom stereocenters. The Bertz CT molecular complexity index is 751. The van der Waals surface area contributed by atoms with Crippen LogP contribution in [0.4, 0.5) is 4.79 Å². The van der Waals surface area contributed by atoms with Crippen LogP contribution < -0.4 is 5.32 Å². The van der Waals surface area contributed by atoms with E-state index in [1.54, 1.807) is 4.90 Å². The first-order valence-electron chi connectivity index (χ1n) is 8.46. The lowest BCUT2D eigenvalue weighted by molar-refractivity contribution is 0.126. The van der Waals surface area contributed by atoms with Gasteiger partial charge in [0.05, 0.1) is 19.2 Å². The fraction of sp³-hybridized carbons (Fsp3) is 0.500. The number of nitrogens with zero attached hydrogens (tertiary/aromatic N) is 3. The summed E-state index contributed by atoms with van der Waals surface area (Å²) in [4.78, 5) is 18.5. The number of aliphatic hydroxyl groups excluding tert-OH is 1. The molecule has 0 saturated heterocycles. The van der Waals surface area contributed by atoms with E-state index >= 15 is 0 Å². The SMILES string of the molecule is CC(C)(C)c1nc(CNC(=O)N2CCc3ccccc3[C@@H]2CO)no1. The molecule has 0 unspecified atom stereocenters. The van der Waals surface area contributed by atoms with Gasteiger partial charge >= 0.3 is 6.03 Å². The molecule has 2 amide bonds. The Morgan fingerprint density at radius 3 is 2.84 bits per heavy atom. The summed E-state index contributed by atoms with van der Waals surface area (Å²) in [6.07, 6.45) is 0.774. The van der Waals surface area contributed by atoms with Gasteiger partial charge in [-0.05, 0) is 17.5 Å². The van der Waals surface area contributed by atoms with E-state index < -0.39 is 0 Å². The van der Waals surface area contributed by atoms with Gasteiger partial charge in [-0.25, -0.2) is 4.79 Å². The second-order valence-electron chi connectivity index (χ2n) is 7.27. The molecule has 0 bridgehead atoms. The molecule has 2 aromatic rings. The Morgan fingerprint density at radius 1 is 1.40 bits per heavy atom. The molecule has 0 spiro atoms. The van der Waals surface area contributed by atoms with Gasteiger partial charge in [-0.1, -0.05) is 50.2 Å². The third-order valence-electron chi connectivity index (χ3n) is 4.35. The highest BCUT2D eigenvalue weighted by Gasteiger charge is 2.30. The van der Waals surface area contributed by atoms with Gasteiger partial charge < -0.3 is 19.8 Å². The molecule has 7 heteroatoms. The van der Waals surface area contributed by atoms with Gasteiger partial charge in [-0.15, -0.1) is 0 Å². The predicted molar refractivity (Wildman–Crippen MR) is 91.9 cm³/mol. The summed E-state index contributed by atoms with van der Waals surface area (Å²) in [5, 5.41) is 16.5. The quantitative estimate of drug-likeness (QED) is 0.890. The highest BCUT2D eigenvalue weighted by Crippen LogP contribution is 2.29. The number of benzene rings is 1. The summed E-state index contributed by atoms with van der Waals surface area (Å²) < 4.78 is 5.23. The minimum absolute atomic E-state index is 0.110. The van der Waals surface area contributed by atoms with Crippen LogP contribution in [0.25, 0.3) is 0 Å². The zero-order valence-corrected chi connectivity index (χ0v) is 14.8. The van der Waals surface area contributed by atoms with Crippen molar-refractivity contribution in [3.8, 4) is 0 Å². The van der Waals surface area contributed by atoms with Crippen molar-refractivity contribution in [3.05, 3.63) is 47.1 Å². The van der Waals surface area contributed by atoms with Crippen molar-refractivity contribution >= 4 is 6.03 Å². The third kappa shape index (κ3) is 3.66. The van der Waals surface area contributed by atoms with Crippen molar-refractivity contribution < 1.29 is 14.4 Å². The molecule has 1 aromatic heterocycles. The highest BCUT2D eigenvalue weighted by atomic mass is 16.5. The molecule has 1 aliphatic rings. The van der Waals surface area contributed by atoms with Gasteiger partial charge in [0.25, 0.3) is 0 Å². The van der Waals surface area contributed by atoms with Crippen LogP contribution in [0.3, 0.4) is 0 Å². The fourth-order valence-corrected chi connectivity index (χ4v) is 2.98. The first-order chi connectivity index (χ1) is 11.9. The lowest BCUT2D eigenvalue weighted by atomic mass is 9.93. The maximum Gasteiger partial charge on any atom is 0.318 e. The lowest BCUT2D eigenvalue weighted by Gasteiger charge is -2.36. The number of urea groups is 1. The zero-order chi connectivity index (χ0) is 18.0. The molecular formula is C18H24N4O3. The van der Waals surface area contributed by atoms with Gasteiger partial charge in [-0.2, -0.15) is 4.98 Å². The van der Waals surface area contributed by atoms with Crippen LogP contribution in [-0.2, 0) is 18.4 Å². The van der Waals surface area contributed by atoms with Crippen LogP contribution in [0.15, 0.2) is 28.8 Å². The second-order valence-corrected chi connectivity index (χ2v) is 7.27. The molecule has 134 valence electrons. The van der Waals surface area contributed by atoms with E-state index in [2.05, 4.69) is 15.5 Å². The number of hydrogen-bond acceptors (Lipinski definition) is 5. The molecule has 1 aromatic carbocycles. The summed E-state index contributed by atoms with van der Waals surface area (Å²) in [5.74, 6) is 0.980. The summed E-state index contributed by atoms with van der Waals surface area (Å²) in [6, 6.07) is 7.34. The smallest absolute Gasteiger partial charge is 0.318 e. The third-order valence-corrected chi connectivity index (χ3v) is 4.35. The summed E-state index contributed by atoms with van der Waals surface area (Å²) in [7, 11) is 0. The van der Waals surface area contributed by atoms with Crippen LogP contribution >= 0.6 is 0 Å².